The molecule has 0 N–H and O–H groups in total. The third-order valence-corrected chi connectivity index (χ3v) is 5.22. The summed E-state index contributed by atoms with van der Waals surface area (Å²) in [6, 6.07) is 0.777. The van der Waals surface area contributed by atoms with Gasteiger partial charge in [0.1, 0.15) is 5.01 Å². The fourth-order valence-corrected chi connectivity index (χ4v) is 4.01. The molecule has 2 nitrogen and oxygen atoms in total. The summed E-state index contributed by atoms with van der Waals surface area (Å²) < 4.78 is 0. The molecule has 108 valence electrons. The fourth-order valence-electron chi connectivity index (χ4n) is 2.64. The third kappa shape index (κ3) is 4.27. The van der Waals surface area contributed by atoms with Crippen molar-refractivity contribution in [3.05, 3.63) is 16.1 Å². The van der Waals surface area contributed by atoms with Gasteiger partial charge >= 0.3 is 0 Å². The summed E-state index contributed by atoms with van der Waals surface area (Å²) >= 11 is 5.37. The standard InChI is InChI=1S/C15H25BrN2S/c1-15(2,3)13-11-19-14(17-13)10-18-9-5-7-12(18)6-4-8-16/h11-12H,4-10H2,1-3H3. The third-order valence-electron chi connectivity index (χ3n) is 3.83. The first kappa shape index (κ1) is 15.5. The summed E-state index contributed by atoms with van der Waals surface area (Å²) in [5.41, 5.74) is 1.42. The minimum absolute atomic E-state index is 0.176. The topological polar surface area (TPSA) is 16.1 Å². The number of thiazole rings is 1. The van der Waals surface area contributed by atoms with Gasteiger partial charge in [0, 0.05) is 22.2 Å². The molecule has 1 atom stereocenters. The van der Waals surface area contributed by atoms with Crippen molar-refractivity contribution < 1.29 is 0 Å². The van der Waals surface area contributed by atoms with Crippen molar-refractivity contribution in [1.29, 1.82) is 0 Å². The van der Waals surface area contributed by atoms with E-state index in [4.69, 9.17) is 4.98 Å². The Hall–Kier alpha value is 0.0700. The molecule has 0 saturated carbocycles. The molecule has 1 aliphatic rings. The molecule has 0 radical (unpaired) electrons. The van der Waals surface area contributed by atoms with Crippen LogP contribution in [-0.4, -0.2) is 27.8 Å². The van der Waals surface area contributed by atoms with Gasteiger partial charge in [0.2, 0.25) is 0 Å². The van der Waals surface area contributed by atoms with Gasteiger partial charge in [0.25, 0.3) is 0 Å². The van der Waals surface area contributed by atoms with Crippen molar-refractivity contribution in [2.45, 2.75) is 64.5 Å². The molecule has 0 aliphatic carbocycles. The van der Waals surface area contributed by atoms with Crippen molar-refractivity contribution in [3.8, 4) is 0 Å². The van der Waals surface area contributed by atoms with Crippen LogP contribution in [0.15, 0.2) is 5.38 Å². The Balaban J connectivity index is 1.94. The lowest BCUT2D eigenvalue weighted by atomic mass is 9.93. The lowest BCUT2D eigenvalue weighted by Gasteiger charge is -2.23. The van der Waals surface area contributed by atoms with Crippen LogP contribution in [-0.2, 0) is 12.0 Å². The molecule has 1 unspecified atom stereocenters. The molecule has 1 saturated heterocycles. The van der Waals surface area contributed by atoms with Gasteiger partial charge in [-0.15, -0.1) is 11.3 Å². The van der Waals surface area contributed by atoms with E-state index < -0.39 is 0 Å². The molecule has 1 fully saturated rings. The number of nitrogens with zero attached hydrogens (tertiary/aromatic N) is 2. The van der Waals surface area contributed by atoms with Gasteiger partial charge in [-0.05, 0) is 32.2 Å². The predicted octanol–water partition coefficient (Wildman–Crippen LogP) is 4.58. The Morgan fingerprint density at radius 1 is 1.47 bits per heavy atom. The predicted molar refractivity (Wildman–Crippen MR) is 87.3 cm³/mol. The summed E-state index contributed by atoms with van der Waals surface area (Å²) in [7, 11) is 0. The average Bonchev–Trinajstić information content (AvgIpc) is 2.95. The van der Waals surface area contributed by atoms with Crippen LogP contribution in [0.4, 0.5) is 0 Å². The second kappa shape index (κ2) is 6.68. The van der Waals surface area contributed by atoms with E-state index in [9.17, 15) is 0 Å². The van der Waals surface area contributed by atoms with E-state index in [2.05, 4.69) is 47.0 Å². The van der Waals surface area contributed by atoms with Crippen molar-refractivity contribution in [3.63, 3.8) is 0 Å². The molecule has 4 heteroatoms. The first-order valence-electron chi connectivity index (χ1n) is 7.25. The maximum absolute atomic E-state index is 4.83. The molecule has 0 spiro atoms. The van der Waals surface area contributed by atoms with E-state index >= 15 is 0 Å². The zero-order chi connectivity index (χ0) is 13.9. The molecule has 0 bridgehead atoms. The zero-order valence-electron chi connectivity index (χ0n) is 12.3. The molecule has 1 aromatic heterocycles. The largest absolute Gasteiger partial charge is 0.294 e. The molecular weight excluding hydrogens is 320 g/mol. The highest BCUT2D eigenvalue weighted by Crippen LogP contribution is 2.27. The number of hydrogen-bond donors (Lipinski definition) is 0. The Bertz CT molecular complexity index is 397. The van der Waals surface area contributed by atoms with Crippen molar-refractivity contribution in [2.24, 2.45) is 0 Å². The van der Waals surface area contributed by atoms with Crippen LogP contribution in [0.3, 0.4) is 0 Å². The second-order valence-electron chi connectivity index (χ2n) is 6.47. The van der Waals surface area contributed by atoms with Gasteiger partial charge in [0.15, 0.2) is 0 Å². The Morgan fingerprint density at radius 2 is 2.26 bits per heavy atom. The van der Waals surface area contributed by atoms with Crippen LogP contribution in [0.25, 0.3) is 0 Å². The minimum Gasteiger partial charge on any atom is -0.294 e. The summed E-state index contributed by atoms with van der Waals surface area (Å²) in [6.07, 6.45) is 5.32. The SMILES string of the molecule is CC(C)(C)c1csc(CN2CCCC2CCCBr)n1. The van der Waals surface area contributed by atoms with E-state index in [0.29, 0.717) is 0 Å². The van der Waals surface area contributed by atoms with Gasteiger partial charge in [-0.1, -0.05) is 36.7 Å². The number of halogens is 1. The van der Waals surface area contributed by atoms with E-state index in [0.717, 1.165) is 17.9 Å². The van der Waals surface area contributed by atoms with E-state index in [1.807, 2.05) is 11.3 Å². The number of hydrogen-bond acceptors (Lipinski definition) is 3. The quantitative estimate of drug-likeness (QED) is 0.726. The van der Waals surface area contributed by atoms with Crippen LogP contribution in [0.5, 0.6) is 0 Å². The maximum Gasteiger partial charge on any atom is 0.107 e. The van der Waals surface area contributed by atoms with E-state index in [1.54, 1.807) is 0 Å². The van der Waals surface area contributed by atoms with Crippen LogP contribution in [0, 0.1) is 0 Å². The molecule has 0 amide bonds. The Morgan fingerprint density at radius 3 is 2.89 bits per heavy atom. The molecular formula is C15H25BrN2S. The van der Waals surface area contributed by atoms with Gasteiger partial charge in [-0.3, -0.25) is 4.90 Å². The van der Waals surface area contributed by atoms with Gasteiger partial charge < -0.3 is 0 Å². The van der Waals surface area contributed by atoms with Gasteiger partial charge in [-0.25, -0.2) is 4.98 Å². The van der Waals surface area contributed by atoms with Crippen LogP contribution in [0.2, 0.25) is 0 Å². The first-order valence-corrected chi connectivity index (χ1v) is 9.25. The lowest BCUT2D eigenvalue weighted by molar-refractivity contribution is 0.233. The van der Waals surface area contributed by atoms with E-state index in [-0.39, 0.29) is 5.41 Å². The Kier molecular flexibility index (Phi) is 5.44. The van der Waals surface area contributed by atoms with Crippen LogP contribution in [0.1, 0.15) is 57.2 Å². The van der Waals surface area contributed by atoms with Crippen molar-refractivity contribution in [2.75, 3.05) is 11.9 Å². The minimum atomic E-state index is 0.176. The summed E-state index contributed by atoms with van der Waals surface area (Å²) in [5.74, 6) is 0. The highest BCUT2D eigenvalue weighted by Gasteiger charge is 2.25. The highest BCUT2D eigenvalue weighted by atomic mass is 79.9. The molecule has 2 heterocycles. The second-order valence-corrected chi connectivity index (χ2v) is 8.21. The normalized spacial score (nSPS) is 21.2. The number of alkyl halides is 1. The zero-order valence-corrected chi connectivity index (χ0v) is 14.7. The fraction of sp³-hybridized carbons (Fsp3) is 0.800. The van der Waals surface area contributed by atoms with Gasteiger partial charge in [-0.2, -0.15) is 0 Å². The molecule has 1 aliphatic heterocycles. The number of aromatic nitrogens is 1. The van der Waals surface area contributed by atoms with E-state index in [1.165, 1.54) is 42.9 Å². The molecule has 19 heavy (non-hydrogen) atoms. The molecule has 1 aromatic rings. The van der Waals surface area contributed by atoms with Crippen molar-refractivity contribution in [1.82, 2.24) is 9.88 Å². The maximum atomic E-state index is 4.83. The molecule has 0 aromatic carbocycles. The average molecular weight is 345 g/mol. The smallest absolute Gasteiger partial charge is 0.107 e. The van der Waals surface area contributed by atoms with Crippen LogP contribution >= 0.6 is 27.3 Å². The Labute approximate surface area is 129 Å². The summed E-state index contributed by atoms with van der Waals surface area (Å²) in [6.45, 7) is 9.01. The number of rotatable bonds is 5. The summed E-state index contributed by atoms with van der Waals surface area (Å²) in [5, 5.41) is 4.65. The number of likely N-dealkylation sites (tertiary alicyclic amines) is 1. The first-order chi connectivity index (χ1) is 9.00. The molecule has 2 rings (SSSR count). The lowest BCUT2D eigenvalue weighted by Crippen LogP contribution is -2.29. The van der Waals surface area contributed by atoms with Crippen LogP contribution < -0.4 is 0 Å². The van der Waals surface area contributed by atoms with Crippen molar-refractivity contribution >= 4 is 27.3 Å². The highest BCUT2D eigenvalue weighted by molar-refractivity contribution is 9.09. The monoisotopic (exact) mass is 344 g/mol. The van der Waals surface area contributed by atoms with Gasteiger partial charge in [0.05, 0.1) is 12.2 Å². The summed E-state index contributed by atoms with van der Waals surface area (Å²) in [4.78, 5) is 7.46.